The molecule has 2 amide bonds. The van der Waals surface area contributed by atoms with Crippen LogP contribution in [-0.2, 0) is 4.79 Å². The maximum atomic E-state index is 12.1. The molecule has 0 radical (unpaired) electrons. The summed E-state index contributed by atoms with van der Waals surface area (Å²) in [5, 5.41) is 8.58. The molecule has 2 heterocycles. The molecular formula is C14H23N5O2. The second-order valence-corrected chi connectivity index (χ2v) is 5.70. The van der Waals surface area contributed by atoms with E-state index in [1.165, 1.54) is 0 Å². The summed E-state index contributed by atoms with van der Waals surface area (Å²) >= 11 is 0. The topological polar surface area (TPSA) is 88.1 Å². The molecule has 0 aromatic carbocycles. The number of carbonyl (C=O) groups excluding carboxylic acids is 2. The largest absolute Gasteiger partial charge is 0.332 e. The molecule has 2 unspecified atom stereocenters. The van der Waals surface area contributed by atoms with Gasteiger partial charge in [-0.05, 0) is 13.3 Å². The van der Waals surface area contributed by atoms with Gasteiger partial charge in [0.1, 0.15) is 5.82 Å². The first kappa shape index (κ1) is 15.3. The van der Waals surface area contributed by atoms with Gasteiger partial charge >= 0.3 is 0 Å². The molecule has 0 saturated carbocycles. The number of anilines is 1. The van der Waals surface area contributed by atoms with Crippen LogP contribution in [-0.4, -0.2) is 27.7 Å². The summed E-state index contributed by atoms with van der Waals surface area (Å²) < 4.78 is 1.95. The fourth-order valence-corrected chi connectivity index (χ4v) is 2.31. The fourth-order valence-electron chi connectivity index (χ4n) is 2.31. The molecular weight excluding hydrogens is 270 g/mol. The van der Waals surface area contributed by atoms with Crippen molar-refractivity contribution in [3.8, 4) is 0 Å². The highest BCUT2D eigenvalue weighted by Gasteiger charge is 2.30. The quantitative estimate of drug-likeness (QED) is 0.767. The zero-order valence-electron chi connectivity index (χ0n) is 12.9. The molecule has 0 spiro atoms. The molecule has 1 aromatic rings. The van der Waals surface area contributed by atoms with Crippen molar-refractivity contribution in [3.05, 3.63) is 12.0 Å². The average molecular weight is 293 g/mol. The van der Waals surface area contributed by atoms with Gasteiger partial charge in [0.2, 0.25) is 5.91 Å². The molecule has 1 aromatic heterocycles. The minimum atomic E-state index is -0.607. The molecule has 1 aliphatic rings. The predicted octanol–water partition coefficient (Wildman–Crippen LogP) is 1.46. The minimum absolute atomic E-state index is 0.121. The Hall–Kier alpha value is -2.05. The van der Waals surface area contributed by atoms with Gasteiger partial charge in [0, 0.05) is 12.0 Å². The first-order valence-electron chi connectivity index (χ1n) is 7.38. The number of imidazole rings is 1. The third-order valence-electron chi connectivity index (χ3n) is 3.56. The summed E-state index contributed by atoms with van der Waals surface area (Å²) in [7, 11) is 0. The summed E-state index contributed by atoms with van der Waals surface area (Å²) in [5.41, 5.74) is 0.369. The van der Waals surface area contributed by atoms with E-state index >= 15 is 0 Å². The number of rotatable bonds is 5. The maximum Gasteiger partial charge on any atom is 0.276 e. The van der Waals surface area contributed by atoms with E-state index < -0.39 is 6.29 Å². The van der Waals surface area contributed by atoms with E-state index in [9.17, 15) is 9.59 Å². The van der Waals surface area contributed by atoms with Gasteiger partial charge in [0.15, 0.2) is 12.0 Å². The zero-order valence-corrected chi connectivity index (χ0v) is 12.9. The molecule has 1 aliphatic heterocycles. The van der Waals surface area contributed by atoms with Gasteiger partial charge in [0.05, 0.1) is 6.33 Å². The van der Waals surface area contributed by atoms with E-state index in [1.807, 2.05) is 4.57 Å². The molecule has 7 nitrogen and oxygen atoms in total. The van der Waals surface area contributed by atoms with Crippen molar-refractivity contribution in [2.45, 2.75) is 52.9 Å². The Morgan fingerprint density at radius 2 is 2.14 bits per heavy atom. The molecule has 116 valence electrons. The third kappa shape index (κ3) is 3.17. The molecule has 0 aliphatic carbocycles. The number of carbonyl (C=O) groups is 2. The molecule has 2 atom stereocenters. The van der Waals surface area contributed by atoms with Crippen molar-refractivity contribution in [2.24, 2.45) is 5.92 Å². The van der Waals surface area contributed by atoms with Gasteiger partial charge in [-0.25, -0.2) is 4.98 Å². The van der Waals surface area contributed by atoms with E-state index in [1.54, 1.807) is 20.2 Å². The highest BCUT2D eigenvalue weighted by Crippen LogP contribution is 2.25. The number of hydrogen-bond donors (Lipinski definition) is 3. The highest BCUT2D eigenvalue weighted by molar-refractivity contribution is 5.99. The lowest BCUT2D eigenvalue weighted by atomic mass is 10.2. The summed E-state index contributed by atoms with van der Waals surface area (Å²) in [6.45, 7) is 7.81. The van der Waals surface area contributed by atoms with Gasteiger partial charge < -0.3 is 20.5 Å². The Bertz CT molecular complexity index is 537. The smallest absolute Gasteiger partial charge is 0.276 e. The van der Waals surface area contributed by atoms with E-state index in [-0.39, 0.29) is 23.8 Å². The third-order valence-corrected chi connectivity index (χ3v) is 3.56. The maximum absolute atomic E-state index is 12.1. The Labute approximate surface area is 124 Å². The van der Waals surface area contributed by atoms with Crippen molar-refractivity contribution in [1.29, 1.82) is 0 Å². The first-order valence-corrected chi connectivity index (χ1v) is 7.38. The summed E-state index contributed by atoms with van der Waals surface area (Å²) in [6, 6.07) is 0.242. The Morgan fingerprint density at radius 1 is 1.43 bits per heavy atom. The molecule has 0 fully saturated rings. The van der Waals surface area contributed by atoms with E-state index in [4.69, 9.17) is 0 Å². The van der Waals surface area contributed by atoms with E-state index in [0.29, 0.717) is 11.5 Å². The van der Waals surface area contributed by atoms with Gasteiger partial charge in [-0.3, -0.25) is 9.59 Å². The van der Waals surface area contributed by atoms with Crippen LogP contribution in [0.3, 0.4) is 0 Å². The normalized spacial score (nSPS) is 18.7. The van der Waals surface area contributed by atoms with Crippen LogP contribution in [0, 0.1) is 5.92 Å². The van der Waals surface area contributed by atoms with Crippen molar-refractivity contribution >= 4 is 17.6 Å². The van der Waals surface area contributed by atoms with Gasteiger partial charge in [-0.15, -0.1) is 0 Å². The van der Waals surface area contributed by atoms with Gasteiger partial charge in [-0.1, -0.05) is 27.2 Å². The lowest BCUT2D eigenvalue weighted by molar-refractivity contribution is -0.124. The lowest BCUT2D eigenvalue weighted by Crippen LogP contribution is -2.56. The molecule has 0 bridgehead atoms. The van der Waals surface area contributed by atoms with Crippen LogP contribution in [0.2, 0.25) is 0 Å². The van der Waals surface area contributed by atoms with Gasteiger partial charge in [-0.2, -0.15) is 0 Å². The van der Waals surface area contributed by atoms with Crippen LogP contribution < -0.4 is 16.0 Å². The highest BCUT2D eigenvalue weighted by atomic mass is 16.2. The SMILES string of the molecule is CCCC(C)n1cnc2c1NC(NC(=O)C(C)C)NC2=O. The van der Waals surface area contributed by atoms with Crippen molar-refractivity contribution in [2.75, 3.05) is 5.32 Å². The Balaban J connectivity index is 2.19. The monoisotopic (exact) mass is 293 g/mol. The van der Waals surface area contributed by atoms with Crippen LogP contribution >= 0.6 is 0 Å². The standard InChI is InChI=1S/C14H23N5O2/c1-5-6-9(4)19-7-15-10-11(19)16-14(18-13(10)21)17-12(20)8(2)3/h7-9,14,16H,5-6H2,1-4H3,(H,17,20)(H,18,21). The first-order chi connectivity index (χ1) is 9.93. The van der Waals surface area contributed by atoms with E-state index in [2.05, 4.69) is 34.8 Å². The average Bonchev–Trinajstić information content (AvgIpc) is 2.83. The second-order valence-electron chi connectivity index (χ2n) is 5.70. The summed E-state index contributed by atoms with van der Waals surface area (Å²) in [5.74, 6) is 0.118. The van der Waals surface area contributed by atoms with Crippen LogP contribution in [0.25, 0.3) is 0 Å². The predicted molar refractivity (Wildman–Crippen MR) is 79.7 cm³/mol. The number of nitrogens with zero attached hydrogens (tertiary/aromatic N) is 2. The molecule has 7 heteroatoms. The zero-order chi connectivity index (χ0) is 15.6. The van der Waals surface area contributed by atoms with Crippen molar-refractivity contribution in [1.82, 2.24) is 20.2 Å². The summed E-state index contributed by atoms with van der Waals surface area (Å²) in [4.78, 5) is 28.0. The number of nitrogens with one attached hydrogen (secondary N) is 3. The van der Waals surface area contributed by atoms with Crippen molar-refractivity contribution < 1.29 is 9.59 Å². The lowest BCUT2D eigenvalue weighted by Gasteiger charge is -2.28. The second kappa shape index (κ2) is 6.15. The number of fused-ring (bicyclic) bond motifs is 1. The Kier molecular flexibility index (Phi) is 4.50. The minimum Gasteiger partial charge on any atom is -0.332 e. The van der Waals surface area contributed by atoms with Crippen LogP contribution in [0.1, 0.15) is 57.1 Å². The van der Waals surface area contributed by atoms with Crippen LogP contribution in [0.15, 0.2) is 6.33 Å². The molecule has 2 rings (SSSR count). The number of aromatic nitrogens is 2. The molecule has 21 heavy (non-hydrogen) atoms. The van der Waals surface area contributed by atoms with Crippen LogP contribution in [0.5, 0.6) is 0 Å². The molecule has 3 N–H and O–H groups in total. The number of amides is 2. The summed E-state index contributed by atoms with van der Waals surface area (Å²) in [6.07, 6.45) is 3.11. The fraction of sp³-hybridized carbons (Fsp3) is 0.643. The van der Waals surface area contributed by atoms with Crippen LogP contribution in [0.4, 0.5) is 5.82 Å². The number of hydrogen-bond acceptors (Lipinski definition) is 4. The van der Waals surface area contributed by atoms with Gasteiger partial charge in [0.25, 0.3) is 5.91 Å². The van der Waals surface area contributed by atoms with Crippen molar-refractivity contribution in [3.63, 3.8) is 0 Å². The van der Waals surface area contributed by atoms with E-state index in [0.717, 1.165) is 12.8 Å². The molecule has 0 saturated heterocycles. The Morgan fingerprint density at radius 3 is 2.76 bits per heavy atom.